The molecule has 1 amide bonds. The summed E-state index contributed by atoms with van der Waals surface area (Å²) in [5, 5.41) is 4.54. The third kappa shape index (κ3) is 3.19. The van der Waals surface area contributed by atoms with Crippen molar-refractivity contribution in [1.29, 1.82) is 0 Å². The summed E-state index contributed by atoms with van der Waals surface area (Å²) in [7, 11) is 1.69. The first-order chi connectivity index (χ1) is 9.69. The lowest BCUT2D eigenvalue weighted by Crippen LogP contribution is -2.41. The van der Waals surface area contributed by atoms with Crippen molar-refractivity contribution in [3.63, 3.8) is 0 Å². The molecule has 112 valence electrons. The molecule has 0 radical (unpaired) electrons. The monoisotopic (exact) mass is 281 g/mol. The van der Waals surface area contributed by atoms with Crippen LogP contribution in [0.4, 0.5) is 0 Å². The van der Waals surface area contributed by atoms with Gasteiger partial charge in [0.2, 0.25) is 5.91 Å². The first-order valence-electron chi connectivity index (χ1n) is 7.10. The number of hydrogen-bond donors (Lipinski definition) is 0. The normalized spacial score (nSPS) is 18.1. The van der Waals surface area contributed by atoms with Crippen molar-refractivity contribution >= 4 is 5.91 Å². The number of nitrogens with zero attached hydrogens (tertiary/aromatic N) is 3. The van der Waals surface area contributed by atoms with Gasteiger partial charge in [0.05, 0.1) is 18.8 Å². The predicted molar refractivity (Wildman–Crippen MR) is 74.4 cm³/mol. The average molecular weight is 281 g/mol. The number of methoxy groups -OCH3 is 1. The van der Waals surface area contributed by atoms with Gasteiger partial charge in [-0.1, -0.05) is 0 Å². The van der Waals surface area contributed by atoms with E-state index >= 15 is 0 Å². The van der Waals surface area contributed by atoms with Crippen molar-refractivity contribution in [1.82, 2.24) is 14.7 Å². The van der Waals surface area contributed by atoms with Crippen LogP contribution < -0.4 is 0 Å². The Bertz CT molecular complexity index is 459. The first-order valence-corrected chi connectivity index (χ1v) is 7.10. The molecule has 0 aromatic carbocycles. The van der Waals surface area contributed by atoms with E-state index in [9.17, 15) is 4.79 Å². The van der Waals surface area contributed by atoms with Crippen molar-refractivity contribution in [2.24, 2.45) is 0 Å². The molecule has 0 saturated heterocycles. The summed E-state index contributed by atoms with van der Waals surface area (Å²) in [6.07, 6.45) is 2.07. The predicted octanol–water partition coefficient (Wildman–Crippen LogP) is 1.01. The number of hydrogen-bond acceptors (Lipinski definition) is 4. The van der Waals surface area contributed by atoms with E-state index in [0.29, 0.717) is 26.3 Å². The second-order valence-electron chi connectivity index (χ2n) is 4.95. The molecular formula is C14H23N3O3. The van der Waals surface area contributed by atoms with Crippen LogP contribution in [-0.4, -0.2) is 54.1 Å². The summed E-state index contributed by atoms with van der Waals surface area (Å²) in [4.78, 5) is 13.9. The zero-order chi connectivity index (χ0) is 14.5. The van der Waals surface area contributed by atoms with Gasteiger partial charge in [0.25, 0.3) is 0 Å². The van der Waals surface area contributed by atoms with E-state index in [1.165, 1.54) is 5.56 Å². The van der Waals surface area contributed by atoms with E-state index in [-0.39, 0.29) is 18.4 Å². The minimum atomic E-state index is 0.0182. The van der Waals surface area contributed by atoms with Gasteiger partial charge < -0.3 is 14.4 Å². The molecule has 6 heteroatoms. The summed E-state index contributed by atoms with van der Waals surface area (Å²) in [5.74, 6) is 0.208. The molecule has 1 unspecified atom stereocenters. The molecule has 0 fully saturated rings. The maximum atomic E-state index is 12.1. The van der Waals surface area contributed by atoms with Crippen LogP contribution in [0, 0.1) is 0 Å². The highest BCUT2D eigenvalue weighted by Gasteiger charge is 2.30. The van der Waals surface area contributed by atoms with E-state index in [1.807, 2.05) is 16.5 Å². The lowest BCUT2D eigenvalue weighted by Gasteiger charge is -2.31. The van der Waals surface area contributed by atoms with Crippen molar-refractivity contribution in [2.45, 2.75) is 32.9 Å². The SMILES string of the molecule is CCOCC(=O)N1Cc2nn(CC)cc2C(COC)C1. The van der Waals surface area contributed by atoms with Crippen molar-refractivity contribution in [2.75, 3.05) is 33.5 Å². The molecular weight excluding hydrogens is 258 g/mol. The van der Waals surface area contributed by atoms with Gasteiger partial charge in [0.15, 0.2) is 0 Å². The van der Waals surface area contributed by atoms with Gasteiger partial charge in [0, 0.05) is 44.5 Å². The summed E-state index contributed by atoms with van der Waals surface area (Å²) < 4.78 is 12.4. The quantitative estimate of drug-likeness (QED) is 0.781. The highest BCUT2D eigenvalue weighted by molar-refractivity contribution is 5.77. The number of fused-ring (bicyclic) bond motifs is 1. The van der Waals surface area contributed by atoms with E-state index in [1.54, 1.807) is 7.11 Å². The van der Waals surface area contributed by atoms with E-state index in [2.05, 4.69) is 18.2 Å². The summed E-state index contributed by atoms with van der Waals surface area (Å²) in [6, 6.07) is 0. The number of carbonyl (C=O) groups excluding carboxylic acids is 1. The van der Waals surface area contributed by atoms with Crippen LogP contribution >= 0.6 is 0 Å². The van der Waals surface area contributed by atoms with Crippen LogP contribution in [-0.2, 0) is 27.4 Å². The molecule has 1 aliphatic heterocycles. The Morgan fingerprint density at radius 3 is 2.95 bits per heavy atom. The Balaban J connectivity index is 2.15. The number of amides is 1. The summed E-state index contributed by atoms with van der Waals surface area (Å²) in [6.45, 7) is 7.30. The zero-order valence-electron chi connectivity index (χ0n) is 12.5. The number of rotatable bonds is 6. The van der Waals surface area contributed by atoms with Crippen LogP contribution in [0.25, 0.3) is 0 Å². The van der Waals surface area contributed by atoms with Gasteiger partial charge in [-0.2, -0.15) is 5.10 Å². The minimum absolute atomic E-state index is 0.0182. The Kier molecular flexibility index (Phi) is 5.14. The van der Waals surface area contributed by atoms with Gasteiger partial charge >= 0.3 is 0 Å². The van der Waals surface area contributed by atoms with E-state index in [4.69, 9.17) is 9.47 Å². The van der Waals surface area contributed by atoms with Crippen LogP contribution in [0.1, 0.15) is 31.0 Å². The number of aromatic nitrogens is 2. The molecule has 0 spiro atoms. The molecule has 0 N–H and O–H groups in total. The summed E-state index contributed by atoms with van der Waals surface area (Å²) in [5.41, 5.74) is 2.18. The van der Waals surface area contributed by atoms with Crippen molar-refractivity contribution in [3.8, 4) is 0 Å². The zero-order valence-corrected chi connectivity index (χ0v) is 12.5. The van der Waals surface area contributed by atoms with E-state index in [0.717, 1.165) is 12.2 Å². The van der Waals surface area contributed by atoms with Crippen molar-refractivity contribution in [3.05, 3.63) is 17.5 Å². The largest absolute Gasteiger partial charge is 0.384 e. The lowest BCUT2D eigenvalue weighted by atomic mass is 9.95. The van der Waals surface area contributed by atoms with Gasteiger partial charge in [-0.3, -0.25) is 9.48 Å². The number of aryl methyl sites for hydroxylation is 1. The highest BCUT2D eigenvalue weighted by Crippen LogP contribution is 2.27. The number of ether oxygens (including phenoxy) is 2. The molecule has 2 heterocycles. The average Bonchev–Trinajstić information content (AvgIpc) is 2.88. The van der Waals surface area contributed by atoms with Gasteiger partial charge in [-0.15, -0.1) is 0 Å². The van der Waals surface area contributed by atoms with Gasteiger partial charge in [-0.05, 0) is 13.8 Å². The second kappa shape index (κ2) is 6.85. The van der Waals surface area contributed by atoms with Crippen LogP contribution in [0.5, 0.6) is 0 Å². The fraction of sp³-hybridized carbons (Fsp3) is 0.714. The van der Waals surface area contributed by atoms with Gasteiger partial charge in [-0.25, -0.2) is 0 Å². The molecule has 1 aromatic rings. The standard InChI is InChI=1S/C14H23N3O3/c1-4-17-7-12-11(9-19-3)6-16(8-13(12)15-17)14(18)10-20-5-2/h7,11H,4-6,8-10H2,1-3H3. The van der Waals surface area contributed by atoms with Crippen LogP contribution in [0.2, 0.25) is 0 Å². The molecule has 2 rings (SSSR count). The summed E-state index contributed by atoms with van der Waals surface area (Å²) >= 11 is 0. The highest BCUT2D eigenvalue weighted by atomic mass is 16.5. The molecule has 20 heavy (non-hydrogen) atoms. The molecule has 0 bridgehead atoms. The second-order valence-corrected chi connectivity index (χ2v) is 4.95. The Morgan fingerprint density at radius 2 is 2.30 bits per heavy atom. The maximum Gasteiger partial charge on any atom is 0.248 e. The van der Waals surface area contributed by atoms with Crippen molar-refractivity contribution < 1.29 is 14.3 Å². The third-order valence-electron chi connectivity index (χ3n) is 3.57. The van der Waals surface area contributed by atoms with Crippen LogP contribution in [0.3, 0.4) is 0 Å². The smallest absolute Gasteiger partial charge is 0.248 e. The third-order valence-corrected chi connectivity index (χ3v) is 3.57. The molecule has 6 nitrogen and oxygen atoms in total. The fourth-order valence-corrected chi connectivity index (χ4v) is 2.53. The Hall–Kier alpha value is -1.40. The minimum Gasteiger partial charge on any atom is -0.384 e. The molecule has 0 aliphatic carbocycles. The molecule has 1 aromatic heterocycles. The number of carbonyl (C=O) groups is 1. The molecule has 0 saturated carbocycles. The first kappa shape index (κ1) is 15.0. The van der Waals surface area contributed by atoms with Gasteiger partial charge in [0.1, 0.15) is 6.61 Å². The Labute approximate surface area is 119 Å². The molecule has 1 aliphatic rings. The molecule has 1 atom stereocenters. The Morgan fingerprint density at radius 1 is 1.50 bits per heavy atom. The maximum absolute atomic E-state index is 12.1. The fourth-order valence-electron chi connectivity index (χ4n) is 2.53. The van der Waals surface area contributed by atoms with Crippen LogP contribution in [0.15, 0.2) is 6.20 Å². The van der Waals surface area contributed by atoms with E-state index < -0.39 is 0 Å². The lowest BCUT2D eigenvalue weighted by molar-refractivity contribution is -0.137. The topological polar surface area (TPSA) is 56.6 Å².